The summed E-state index contributed by atoms with van der Waals surface area (Å²) in [5.74, 6) is 0. The molecule has 0 N–H and O–H groups in total. The zero-order chi connectivity index (χ0) is 0. The molecule has 0 spiro atoms. The minimum atomic E-state index is 0. The smallest absolute Gasteiger partial charge is 3.00 e. The van der Waals surface area contributed by atoms with Crippen LogP contribution in [0.3, 0.4) is 0 Å². The van der Waals surface area contributed by atoms with Gasteiger partial charge in [-0.3, -0.25) is 0 Å². The van der Waals surface area contributed by atoms with Gasteiger partial charge in [0.25, 0.3) is 0 Å². The van der Waals surface area contributed by atoms with Crippen LogP contribution in [0.25, 0.3) is 24.6 Å². The maximum atomic E-state index is 0. The molecule has 0 amide bonds. The Morgan fingerprint density at radius 2 is 0.300 bits per heavy atom. The summed E-state index contributed by atoms with van der Waals surface area (Å²) >= 11 is 0. The molecule has 0 radical (unpaired) electrons. The van der Waals surface area contributed by atoms with E-state index in [2.05, 4.69) is 0 Å². The van der Waals surface area contributed by atoms with Crippen molar-refractivity contribution in [3.63, 3.8) is 0 Å². The van der Waals surface area contributed by atoms with Gasteiger partial charge in [0.15, 0.2) is 0 Å². The molecule has 0 aliphatic carbocycles. The molecule has 0 aromatic heterocycles. The van der Waals surface area contributed by atoms with Gasteiger partial charge in [-0.25, -0.2) is 0 Å². The molecule has 0 heterocycles. The summed E-state index contributed by atoms with van der Waals surface area (Å²) in [6.45, 7) is 0. The third-order valence-corrected chi connectivity index (χ3v) is 0. The van der Waals surface area contributed by atoms with Crippen LogP contribution >= 0.6 is 0 Å². The van der Waals surface area contributed by atoms with Gasteiger partial charge in [0.2, 0.25) is 0 Å². The number of hydrogen-bond donors (Lipinski definition) is 0. The Morgan fingerprint density at radius 1 is 0.300 bits per heavy atom. The topological polar surface area (TPSA) is 122 Å². The molecule has 0 saturated carbocycles. The Labute approximate surface area is 133 Å². The first kappa shape index (κ1) is 199. The van der Waals surface area contributed by atoms with Crippen LogP contribution in [0, 0.1) is 0 Å². The number of hydrogen-bond acceptors (Lipinski definition) is 0. The van der Waals surface area contributed by atoms with Crippen LogP contribution < -0.4 is 0 Å². The first-order valence-electron chi connectivity index (χ1n) is 0. The molecule has 10 heteroatoms. The summed E-state index contributed by atoms with van der Waals surface area (Å²) in [6, 6.07) is 0. The van der Waals surface area contributed by atoms with Gasteiger partial charge in [0, 0.05) is 0 Å². The third kappa shape index (κ3) is 118. The Balaban J connectivity index is 0. The molecule has 0 fully saturated rings. The second kappa shape index (κ2) is 155. The molecule has 0 bridgehead atoms. The fourth-order valence-corrected chi connectivity index (χ4v) is 0. The largest absolute Gasteiger partial charge is 4.00 e. The van der Waals surface area contributed by atoms with Gasteiger partial charge < -0.3 is 24.6 Å². The molecule has 0 aromatic carbocycles. The second-order valence-electron chi connectivity index (χ2n) is 0. The fourth-order valence-electron chi connectivity index (χ4n) is 0. The van der Waals surface area contributed by atoms with Crippen molar-refractivity contribution >= 4 is 32.9 Å². The zero-order valence-corrected chi connectivity index (χ0v) is 14.1. The van der Waals surface area contributed by atoms with Crippen molar-refractivity contribution in [3.8, 4) is 0 Å². The van der Waals surface area contributed by atoms with Crippen molar-refractivity contribution in [3.05, 3.63) is 24.6 Å². The van der Waals surface area contributed by atoms with E-state index in [0.29, 0.717) is 0 Å². The van der Waals surface area contributed by atoms with Crippen molar-refractivity contribution in [2.45, 2.75) is 0 Å². The molecule has 0 aromatic rings. The molecule has 56 valence electrons. The van der Waals surface area contributed by atoms with Crippen LogP contribution in [-0.2, 0) is 77.5 Å². The van der Waals surface area contributed by atoms with Crippen LogP contribution in [0.15, 0.2) is 0 Å². The molecular formula is H12Hf3N4Si3. The molecule has 0 unspecified atom stereocenters. The summed E-state index contributed by atoms with van der Waals surface area (Å²) in [6.07, 6.45) is 0. The van der Waals surface area contributed by atoms with E-state index in [4.69, 9.17) is 0 Å². The predicted octanol–water partition coefficient (Wildman–Crippen LogP) is -3.21. The normalized spacial score (nSPS) is 0. The average molecular weight is 688 g/mol. The van der Waals surface area contributed by atoms with Gasteiger partial charge in [-0.15, -0.1) is 0 Å². The zero-order valence-electron chi connectivity index (χ0n) is 3.29. The number of rotatable bonds is 0. The van der Waals surface area contributed by atoms with Gasteiger partial charge in [0.05, 0.1) is 0 Å². The SMILES string of the molecule is [Hf+4].[Hf+4].[Hf+4].[N-3].[N-3].[N-3].[N-3].[SiH4].[SiH4].[SiH4]. The maximum Gasteiger partial charge on any atom is 4.00 e. The molecule has 0 atom stereocenters. The predicted molar refractivity (Wildman–Crippen MR) is 47.4 cm³/mol. The number of nitrogens with zero attached hydrogens (tertiary/aromatic N) is 4. The Kier molecular flexibility index (Phi) is 3090. The molecule has 0 saturated heterocycles. The van der Waals surface area contributed by atoms with Gasteiger partial charge in [-0.1, -0.05) is 0 Å². The van der Waals surface area contributed by atoms with Crippen LogP contribution in [0.5, 0.6) is 0 Å². The van der Waals surface area contributed by atoms with E-state index in [9.17, 15) is 0 Å². The van der Waals surface area contributed by atoms with Crippen molar-refractivity contribution < 1.29 is 77.5 Å². The van der Waals surface area contributed by atoms with E-state index in [0.717, 1.165) is 0 Å². The molecule has 0 aliphatic heterocycles. The van der Waals surface area contributed by atoms with Gasteiger partial charge in [-0.05, 0) is 32.9 Å². The Bertz CT molecular complexity index is 15.7. The van der Waals surface area contributed by atoms with Crippen molar-refractivity contribution in [2.24, 2.45) is 0 Å². The standard InChI is InChI=1S/3Hf.4N.3H4Si/h;;;;;;;3*1H4/q3*+4;4*-3;;;. The second-order valence-corrected chi connectivity index (χ2v) is 0. The summed E-state index contributed by atoms with van der Waals surface area (Å²) in [5, 5.41) is 0. The first-order chi connectivity index (χ1) is 0. The van der Waals surface area contributed by atoms with Crippen molar-refractivity contribution in [1.82, 2.24) is 0 Å². The Morgan fingerprint density at radius 3 is 0.300 bits per heavy atom. The quantitative estimate of drug-likeness (QED) is 0.239. The van der Waals surface area contributed by atoms with Crippen LogP contribution in [0.2, 0.25) is 0 Å². The fraction of sp³-hybridized carbons (Fsp3) is 0. The minimum absolute atomic E-state index is 0. The van der Waals surface area contributed by atoms with E-state index >= 15 is 0 Å². The van der Waals surface area contributed by atoms with E-state index < -0.39 is 0 Å². The summed E-state index contributed by atoms with van der Waals surface area (Å²) in [5.41, 5.74) is 0. The van der Waals surface area contributed by atoms with Crippen LogP contribution in [0.4, 0.5) is 0 Å². The average Bonchev–Trinajstić information content (AvgIpc) is 0. The molecule has 10 heavy (non-hydrogen) atoms. The van der Waals surface area contributed by atoms with Gasteiger partial charge in [-0.2, -0.15) is 0 Å². The van der Waals surface area contributed by atoms with Crippen molar-refractivity contribution in [2.75, 3.05) is 0 Å². The summed E-state index contributed by atoms with van der Waals surface area (Å²) < 4.78 is 0. The van der Waals surface area contributed by atoms with Crippen molar-refractivity contribution in [1.29, 1.82) is 0 Å². The van der Waals surface area contributed by atoms with Gasteiger partial charge >= 0.3 is 77.5 Å². The first-order valence-corrected chi connectivity index (χ1v) is 0. The minimum Gasteiger partial charge on any atom is -3.00 e. The third-order valence-electron chi connectivity index (χ3n) is 0. The van der Waals surface area contributed by atoms with E-state index in [1.165, 1.54) is 0 Å². The van der Waals surface area contributed by atoms with E-state index in [-0.39, 0.29) is 135 Å². The monoisotopic (exact) mass is 692 g/mol. The molecule has 0 rings (SSSR count). The Hall–Kier alpha value is 3.10. The molecular weight excluding hydrogens is 676 g/mol. The van der Waals surface area contributed by atoms with E-state index in [1.807, 2.05) is 0 Å². The van der Waals surface area contributed by atoms with E-state index in [1.54, 1.807) is 0 Å². The molecule has 4 nitrogen and oxygen atoms in total. The van der Waals surface area contributed by atoms with Crippen LogP contribution in [0.1, 0.15) is 0 Å². The molecule has 0 aliphatic rings. The summed E-state index contributed by atoms with van der Waals surface area (Å²) in [4.78, 5) is 0. The maximum absolute atomic E-state index is 0. The van der Waals surface area contributed by atoms with Crippen LogP contribution in [-0.4, -0.2) is 32.9 Å². The summed E-state index contributed by atoms with van der Waals surface area (Å²) in [7, 11) is 0. The van der Waals surface area contributed by atoms with Gasteiger partial charge in [0.1, 0.15) is 0 Å².